The Hall–Kier alpha value is -0.610. The Morgan fingerprint density at radius 2 is 2.00 bits per heavy atom. The highest BCUT2D eigenvalue weighted by Gasteiger charge is 2.11. The van der Waals surface area contributed by atoms with Crippen LogP contribution in [0.2, 0.25) is 0 Å². The Balaban J connectivity index is 3.35. The largest absolute Gasteiger partial charge is 0.480 e. The van der Waals surface area contributed by atoms with E-state index in [4.69, 9.17) is 10.8 Å². The molecule has 0 spiro atoms. The van der Waals surface area contributed by atoms with Gasteiger partial charge in [-0.1, -0.05) is 20.8 Å². The van der Waals surface area contributed by atoms with E-state index in [0.717, 1.165) is 13.0 Å². The molecule has 0 aliphatic carbocycles. The quantitative estimate of drug-likeness (QED) is 0.557. The van der Waals surface area contributed by atoms with Gasteiger partial charge in [0.05, 0.1) is 0 Å². The van der Waals surface area contributed by atoms with Crippen molar-refractivity contribution in [3.8, 4) is 0 Å². The number of nitrogens with one attached hydrogen (secondary N) is 1. The average molecular weight is 202 g/mol. The molecule has 1 atom stereocenters. The SMILES string of the molecule is CC(C)(C)CCNCCC(N)C(=O)O. The molecule has 84 valence electrons. The summed E-state index contributed by atoms with van der Waals surface area (Å²) in [4.78, 5) is 10.4. The standard InChI is InChI=1S/C10H22N2O2/c1-10(2,3)5-7-12-6-4-8(11)9(13)14/h8,12H,4-7,11H2,1-3H3,(H,13,14). The number of hydrogen-bond donors (Lipinski definition) is 3. The third-order valence-corrected chi connectivity index (χ3v) is 2.00. The molecule has 0 aliphatic rings. The predicted molar refractivity (Wildman–Crippen MR) is 57.2 cm³/mol. The maximum Gasteiger partial charge on any atom is 0.320 e. The average Bonchev–Trinajstić information content (AvgIpc) is 2.01. The monoisotopic (exact) mass is 202 g/mol. The van der Waals surface area contributed by atoms with E-state index in [1.165, 1.54) is 0 Å². The first-order valence-electron chi connectivity index (χ1n) is 5.02. The number of carboxylic acid groups (broad SMARTS) is 1. The maximum absolute atomic E-state index is 10.4. The molecule has 0 aromatic heterocycles. The van der Waals surface area contributed by atoms with Crippen molar-refractivity contribution in [3.63, 3.8) is 0 Å². The molecule has 0 aromatic rings. The second-order valence-corrected chi connectivity index (χ2v) is 4.79. The Morgan fingerprint density at radius 3 is 2.43 bits per heavy atom. The summed E-state index contributed by atoms with van der Waals surface area (Å²) in [7, 11) is 0. The van der Waals surface area contributed by atoms with Crippen LogP contribution in [0.15, 0.2) is 0 Å². The van der Waals surface area contributed by atoms with Crippen LogP contribution in [-0.4, -0.2) is 30.2 Å². The molecule has 14 heavy (non-hydrogen) atoms. The van der Waals surface area contributed by atoms with Gasteiger partial charge in [-0.2, -0.15) is 0 Å². The molecule has 0 saturated heterocycles. The van der Waals surface area contributed by atoms with E-state index in [1.54, 1.807) is 0 Å². The maximum atomic E-state index is 10.4. The molecule has 1 unspecified atom stereocenters. The van der Waals surface area contributed by atoms with Gasteiger partial charge < -0.3 is 16.2 Å². The predicted octanol–water partition coefficient (Wildman–Crippen LogP) is 0.814. The van der Waals surface area contributed by atoms with Gasteiger partial charge in [0, 0.05) is 0 Å². The highest BCUT2D eigenvalue weighted by molar-refractivity contribution is 5.72. The van der Waals surface area contributed by atoms with E-state index < -0.39 is 12.0 Å². The van der Waals surface area contributed by atoms with Gasteiger partial charge in [0.25, 0.3) is 0 Å². The van der Waals surface area contributed by atoms with E-state index in [1.807, 2.05) is 0 Å². The number of hydrogen-bond acceptors (Lipinski definition) is 3. The van der Waals surface area contributed by atoms with Crippen LogP contribution in [0.25, 0.3) is 0 Å². The lowest BCUT2D eigenvalue weighted by molar-refractivity contribution is -0.138. The van der Waals surface area contributed by atoms with E-state index in [2.05, 4.69) is 26.1 Å². The Kier molecular flexibility index (Phi) is 5.72. The van der Waals surface area contributed by atoms with Crippen LogP contribution in [0.1, 0.15) is 33.6 Å². The van der Waals surface area contributed by atoms with Crippen molar-refractivity contribution in [2.75, 3.05) is 13.1 Å². The molecule has 4 nitrogen and oxygen atoms in total. The molecule has 4 heteroatoms. The van der Waals surface area contributed by atoms with Crippen molar-refractivity contribution in [2.24, 2.45) is 11.1 Å². The molecule has 0 aliphatic heterocycles. The van der Waals surface area contributed by atoms with Crippen LogP contribution in [0.3, 0.4) is 0 Å². The van der Waals surface area contributed by atoms with Crippen LogP contribution in [0.5, 0.6) is 0 Å². The topological polar surface area (TPSA) is 75.3 Å². The van der Waals surface area contributed by atoms with Crippen molar-refractivity contribution in [2.45, 2.75) is 39.7 Å². The zero-order chi connectivity index (χ0) is 11.2. The summed E-state index contributed by atoms with van der Waals surface area (Å²) < 4.78 is 0. The minimum atomic E-state index is -0.928. The molecular formula is C10H22N2O2. The fourth-order valence-electron chi connectivity index (χ4n) is 0.969. The Morgan fingerprint density at radius 1 is 1.43 bits per heavy atom. The third kappa shape index (κ3) is 8.01. The molecule has 0 rings (SSSR count). The molecule has 0 bridgehead atoms. The fourth-order valence-corrected chi connectivity index (χ4v) is 0.969. The lowest BCUT2D eigenvalue weighted by atomic mass is 9.92. The summed E-state index contributed by atoms with van der Waals surface area (Å²) in [6.45, 7) is 8.12. The van der Waals surface area contributed by atoms with Crippen molar-refractivity contribution in [1.82, 2.24) is 5.32 Å². The summed E-state index contributed by atoms with van der Waals surface area (Å²) in [6.07, 6.45) is 1.56. The van der Waals surface area contributed by atoms with Gasteiger partial charge in [0.2, 0.25) is 0 Å². The van der Waals surface area contributed by atoms with Crippen LogP contribution < -0.4 is 11.1 Å². The summed E-state index contributed by atoms with van der Waals surface area (Å²) in [5, 5.41) is 11.7. The van der Waals surface area contributed by atoms with Crippen molar-refractivity contribution in [1.29, 1.82) is 0 Å². The normalized spacial score (nSPS) is 14.0. The molecule has 0 fully saturated rings. The van der Waals surface area contributed by atoms with Gasteiger partial charge in [-0.05, 0) is 31.3 Å². The highest BCUT2D eigenvalue weighted by Crippen LogP contribution is 2.16. The van der Waals surface area contributed by atoms with Crippen LogP contribution >= 0.6 is 0 Å². The molecule has 0 heterocycles. The van der Waals surface area contributed by atoms with Crippen LogP contribution in [0.4, 0.5) is 0 Å². The molecule has 0 amide bonds. The van der Waals surface area contributed by atoms with E-state index >= 15 is 0 Å². The van der Waals surface area contributed by atoms with E-state index in [0.29, 0.717) is 18.4 Å². The molecule has 4 N–H and O–H groups in total. The van der Waals surface area contributed by atoms with Crippen molar-refractivity contribution < 1.29 is 9.90 Å². The van der Waals surface area contributed by atoms with Gasteiger partial charge in [-0.25, -0.2) is 0 Å². The first-order chi connectivity index (χ1) is 6.33. The smallest absolute Gasteiger partial charge is 0.320 e. The number of aliphatic carboxylic acids is 1. The summed E-state index contributed by atoms with van der Waals surface area (Å²) in [5.41, 5.74) is 5.67. The first-order valence-corrected chi connectivity index (χ1v) is 5.02. The number of rotatable bonds is 6. The summed E-state index contributed by atoms with van der Waals surface area (Å²) in [5.74, 6) is -0.928. The van der Waals surface area contributed by atoms with Gasteiger partial charge in [0.1, 0.15) is 6.04 Å². The highest BCUT2D eigenvalue weighted by atomic mass is 16.4. The zero-order valence-electron chi connectivity index (χ0n) is 9.34. The lowest BCUT2D eigenvalue weighted by Crippen LogP contribution is -2.34. The van der Waals surface area contributed by atoms with Crippen molar-refractivity contribution >= 4 is 5.97 Å². The van der Waals surface area contributed by atoms with Crippen LogP contribution in [-0.2, 0) is 4.79 Å². The molecule has 0 aromatic carbocycles. The zero-order valence-corrected chi connectivity index (χ0v) is 9.34. The van der Waals surface area contributed by atoms with Gasteiger partial charge in [0.15, 0.2) is 0 Å². The summed E-state index contributed by atoms with van der Waals surface area (Å²) in [6, 6.07) is -0.739. The second kappa shape index (κ2) is 5.98. The molecular weight excluding hydrogens is 180 g/mol. The number of carbonyl (C=O) groups is 1. The second-order valence-electron chi connectivity index (χ2n) is 4.79. The minimum Gasteiger partial charge on any atom is -0.480 e. The first kappa shape index (κ1) is 13.4. The molecule has 0 saturated carbocycles. The summed E-state index contributed by atoms with van der Waals surface area (Å²) >= 11 is 0. The number of nitrogens with two attached hydrogens (primary N) is 1. The Labute approximate surface area is 85.9 Å². The number of carboxylic acids is 1. The van der Waals surface area contributed by atoms with Gasteiger partial charge in [-0.3, -0.25) is 4.79 Å². The van der Waals surface area contributed by atoms with E-state index in [-0.39, 0.29) is 0 Å². The lowest BCUT2D eigenvalue weighted by Gasteiger charge is -2.18. The van der Waals surface area contributed by atoms with E-state index in [9.17, 15) is 4.79 Å². The van der Waals surface area contributed by atoms with Crippen LogP contribution in [0, 0.1) is 5.41 Å². The van der Waals surface area contributed by atoms with Gasteiger partial charge in [-0.15, -0.1) is 0 Å². The molecule has 0 radical (unpaired) electrons. The van der Waals surface area contributed by atoms with Crippen molar-refractivity contribution in [3.05, 3.63) is 0 Å². The minimum absolute atomic E-state index is 0.321. The van der Waals surface area contributed by atoms with Gasteiger partial charge >= 0.3 is 5.97 Å². The fraction of sp³-hybridized carbons (Fsp3) is 0.900. The third-order valence-electron chi connectivity index (χ3n) is 2.00. The Bertz CT molecular complexity index is 175.